The van der Waals surface area contributed by atoms with Crippen molar-refractivity contribution in [3.05, 3.63) is 34.3 Å². The minimum absolute atomic E-state index is 0.0157. The Morgan fingerprint density at radius 1 is 1.36 bits per heavy atom. The van der Waals surface area contributed by atoms with Gasteiger partial charge in [-0.15, -0.1) is 0 Å². The number of morpholine rings is 1. The lowest BCUT2D eigenvalue weighted by molar-refractivity contribution is -0.0383. The Kier molecular flexibility index (Phi) is 4.71. The van der Waals surface area contributed by atoms with Crippen molar-refractivity contribution in [2.45, 2.75) is 38.3 Å². The summed E-state index contributed by atoms with van der Waals surface area (Å²) < 4.78 is 5.58. The van der Waals surface area contributed by atoms with Crippen LogP contribution in [0.4, 0.5) is 0 Å². The van der Waals surface area contributed by atoms with Crippen molar-refractivity contribution in [3.8, 4) is 0 Å². The molecule has 1 aromatic rings. The van der Waals surface area contributed by atoms with Gasteiger partial charge >= 0.3 is 0 Å². The maximum Gasteiger partial charge on any atom is 0.254 e. The van der Waals surface area contributed by atoms with Gasteiger partial charge in [0.2, 0.25) is 0 Å². The number of rotatable bonds is 2. The van der Waals surface area contributed by atoms with Crippen LogP contribution in [0.3, 0.4) is 0 Å². The molecule has 22 heavy (non-hydrogen) atoms. The van der Waals surface area contributed by atoms with Crippen LogP contribution in [0.15, 0.2) is 18.2 Å². The van der Waals surface area contributed by atoms with E-state index < -0.39 is 0 Å². The number of carbonyl (C=O) groups excluding carboxylic acids is 1. The summed E-state index contributed by atoms with van der Waals surface area (Å²) in [4.78, 5) is 14.8. The van der Waals surface area contributed by atoms with Crippen molar-refractivity contribution in [2.75, 3.05) is 19.8 Å². The van der Waals surface area contributed by atoms with E-state index in [1.165, 1.54) is 0 Å². The smallest absolute Gasteiger partial charge is 0.254 e. The van der Waals surface area contributed by atoms with Crippen molar-refractivity contribution >= 4 is 17.5 Å². The van der Waals surface area contributed by atoms with Gasteiger partial charge in [0.1, 0.15) is 0 Å². The summed E-state index contributed by atoms with van der Waals surface area (Å²) in [6, 6.07) is 5.38. The van der Waals surface area contributed by atoms with Crippen LogP contribution < -0.4 is 0 Å². The van der Waals surface area contributed by atoms with Gasteiger partial charge in [-0.1, -0.05) is 18.0 Å². The Bertz CT molecular complexity index is 543. The number of halogens is 1. The van der Waals surface area contributed by atoms with Crippen LogP contribution in [0.5, 0.6) is 0 Å². The van der Waals surface area contributed by atoms with E-state index in [4.69, 9.17) is 16.3 Å². The van der Waals surface area contributed by atoms with Crippen LogP contribution in [0, 0.1) is 12.8 Å². The third-order valence-electron chi connectivity index (χ3n) is 4.74. The van der Waals surface area contributed by atoms with Crippen LogP contribution in [0.25, 0.3) is 0 Å². The molecular formula is C17H22ClNO3. The molecule has 1 aliphatic heterocycles. The highest BCUT2D eigenvalue weighted by molar-refractivity contribution is 6.31. The minimum atomic E-state index is -0.330. The highest BCUT2D eigenvalue weighted by Gasteiger charge is 2.39. The van der Waals surface area contributed by atoms with Crippen molar-refractivity contribution in [2.24, 2.45) is 5.92 Å². The first-order valence-electron chi connectivity index (χ1n) is 7.90. The zero-order valence-corrected chi connectivity index (χ0v) is 13.6. The van der Waals surface area contributed by atoms with E-state index in [1.807, 2.05) is 24.0 Å². The third-order valence-corrected chi connectivity index (χ3v) is 4.96. The number of benzene rings is 1. The highest BCUT2D eigenvalue weighted by atomic mass is 35.5. The maximum absolute atomic E-state index is 12.9. The van der Waals surface area contributed by atoms with E-state index in [-0.39, 0.29) is 24.0 Å². The molecule has 3 rings (SSSR count). The largest absolute Gasteiger partial charge is 0.393 e. The van der Waals surface area contributed by atoms with Gasteiger partial charge in [0, 0.05) is 23.0 Å². The fraction of sp³-hybridized carbons (Fsp3) is 0.588. The summed E-state index contributed by atoms with van der Waals surface area (Å²) in [7, 11) is 0. The molecule has 0 unspecified atom stereocenters. The van der Waals surface area contributed by atoms with E-state index in [0.717, 1.165) is 24.8 Å². The lowest BCUT2D eigenvalue weighted by Crippen LogP contribution is -2.53. The molecule has 1 aliphatic carbocycles. The van der Waals surface area contributed by atoms with Gasteiger partial charge in [0.15, 0.2) is 0 Å². The second kappa shape index (κ2) is 6.57. The average Bonchev–Trinajstić information content (AvgIpc) is 2.91. The Morgan fingerprint density at radius 3 is 2.86 bits per heavy atom. The predicted octanol–water partition coefficient (Wildman–Crippen LogP) is 2.65. The number of ether oxygens (including phenoxy) is 1. The van der Waals surface area contributed by atoms with E-state index in [2.05, 4.69) is 0 Å². The molecule has 1 aromatic carbocycles. The number of aliphatic hydroxyl groups excluding tert-OH is 1. The van der Waals surface area contributed by atoms with Gasteiger partial charge in [0.25, 0.3) is 5.91 Å². The minimum Gasteiger partial charge on any atom is -0.393 e. The van der Waals surface area contributed by atoms with Crippen molar-refractivity contribution in [3.63, 3.8) is 0 Å². The van der Waals surface area contributed by atoms with Crippen molar-refractivity contribution in [1.82, 2.24) is 4.90 Å². The van der Waals surface area contributed by atoms with E-state index >= 15 is 0 Å². The summed E-state index contributed by atoms with van der Waals surface area (Å²) in [6.45, 7) is 3.55. The lowest BCUT2D eigenvalue weighted by atomic mass is 9.93. The number of amides is 1. The molecule has 2 fully saturated rings. The summed E-state index contributed by atoms with van der Waals surface area (Å²) in [5.41, 5.74) is 1.59. The van der Waals surface area contributed by atoms with Crippen molar-refractivity contribution < 1.29 is 14.6 Å². The predicted molar refractivity (Wildman–Crippen MR) is 85.2 cm³/mol. The number of nitrogens with zero attached hydrogens (tertiary/aromatic N) is 1. The first kappa shape index (κ1) is 15.8. The SMILES string of the molecule is Cc1cc(Cl)cc(C(=O)N2CCOC[C@@H]2[C@@H]2CCC[C@@H]2O)c1. The monoisotopic (exact) mass is 323 g/mol. The van der Waals surface area contributed by atoms with Gasteiger partial charge in [-0.2, -0.15) is 0 Å². The molecule has 1 saturated carbocycles. The molecule has 4 nitrogen and oxygen atoms in total. The molecule has 0 bridgehead atoms. The maximum atomic E-state index is 12.9. The molecule has 0 radical (unpaired) electrons. The molecule has 2 aliphatic rings. The van der Waals surface area contributed by atoms with E-state index in [1.54, 1.807) is 6.07 Å². The molecule has 1 saturated heterocycles. The number of aryl methyl sites for hydroxylation is 1. The quantitative estimate of drug-likeness (QED) is 0.910. The second-order valence-corrected chi connectivity index (χ2v) is 6.76. The van der Waals surface area contributed by atoms with Gasteiger partial charge in [-0.3, -0.25) is 4.79 Å². The second-order valence-electron chi connectivity index (χ2n) is 6.32. The number of hydrogen-bond acceptors (Lipinski definition) is 3. The van der Waals surface area contributed by atoms with E-state index in [0.29, 0.717) is 30.3 Å². The number of hydrogen-bond donors (Lipinski definition) is 1. The molecule has 1 N–H and O–H groups in total. The fourth-order valence-corrected chi connectivity index (χ4v) is 3.96. The van der Waals surface area contributed by atoms with Gasteiger partial charge in [-0.05, 0) is 43.5 Å². The molecule has 1 heterocycles. The Labute approximate surface area is 136 Å². The Balaban J connectivity index is 1.85. The van der Waals surface area contributed by atoms with Crippen LogP contribution in [0.1, 0.15) is 35.2 Å². The molecule has 1 amide bonds. The molecule has 0 aromatic heterocycles. The molecular weight excluding hydrogens is 302 g/mol. The standard InChI is InChI=1S/C17H22ClNO3/c1-11-7-12(9-13(18)8-11)17(21)19-5-6-22-10-15(19)14-3-2-4-16(14)20/h7-9,14-16,20H,2-6,10H2,1H3/t14-,15+,16-/m0/s1. The summed E-state index contributed by atoms with van der Waals surface area (Å²) in [5, 5.41) is 10.8. The topological polar surface area (TPSA) is 49.8 Å². The van der Waals surface area contributed by atoms with Crippen LogP contribution in [-0.4, -0.2) is 47.8 Å². The third kappa shape index (κ3) is 3.14. The average molecular weight is 324 g/mol. The number of carbonyl (C=O) groups is 1. The molecule has 120 valence electrons. The van der Waals surface area contributed by atoms with Gasteiger partial charge in [-0.25, -0.2) is 0 Å². The van der Waals surface area contributed by atoms with E-state index in [9.17, 15) is 9.90 Å². The first-order chi connectivity index (χ1) is 10.6. The molecule has 0 spiro atoms. The van der Waals surface area contributed by atoms with Crippen LogP contribution in [-0.2, 0) is 4.74 Å². The normalized spacial score (nSPS) is 28.9. The number of aliphatic hydroxyl groups is 1. The Morgan fingerprint density at radius 2 is 2.18 bits per heavy atom. The van der Waals surface area contributed by atoms with Gasteiger partial charge < -0.3 is 14.7 Å². The lowest BCUT2D eigenvalue weighted by Gasteiger charge is -2.40. The summed E-state index contributed by atoms with van der Waals surface area (Å²) >= 11 is 6.08. The zero-order chi connectivity index (χ0) is 15.7. The summed E-state index contributed by atoms with van der Waals surface area (Å²) in [6.07, 6.45) is 2.45. The van der Waals surface area contributed by atoms with Crippen LogP contribution >= 0.6 is 11.6 Å². The molecule has 3 atom stereocenters. The zero-order valence-electron chi connectivity index (χ0n) is 12.8. The Hall–Kier alpha value is -1.10. The highest BCUT2D eigenvalue weighted by Crippen LogP contribution is 2.33. The molecule has 5 heteroatoms. The summed E-state index contributed by atoms with van der Waals surface area (Å²) in [5.74, 6) is 0.0996. The van der Waals surface area contributed by atoms with Crippen molar-refractivity contribution in [1.29, 1.82) is 0 Å². The van der Waals surface area contributed by atoms with Gasteiger partial charge in [0.05, 0.1) is 25.4 Å². The first-order valence-corrected chi connectivity index (χ1v) is 8.28. The van der Waals surface area contributed by atoms with Crippen LogP contribution in [0.2, 0.25) is 5.02 Å². The fourth-order valence-electron chi connectivity index (χ4n) is 3.67.